The van der Waals surface area contributed by atoms with Gasteiger partial charge in [-0.2, -0.15) is 0 Å². The second kappa shape index (κ2) is 7.41. The van der Waals surface area contributed by atoms with Crippen molar-refractivity contribution in [3.05, 3.63) is 59.7 Å². The first-order chi connectivity index (χ1) is 13.3. The molecule has 0 unspecified atom stereocenters. The van der Waals surface area contributed by atoms with Gasteiger partial charge in [0.25, 0.3) is 0 Å². The van der Waals surface area contributed by atoms with Gasteiger partial charge < -0.3 is 10.5 Å². The maximum Gasteiger partial charge on any atom is 0.244 e. The van der Waals surface area contributed by atoms with Crippen LogP contribution in [0.15, 0.2) is 48.5 Å². The van der Waals surface area contributed by atoms with Gasteiger partial charge in [0.2, 0.25) is 16.0 Å². The Balaban J connectivity index is 2.22. The monoisotopic (exact) mass is 395 g/mol. The minimum absolute atomic E-state index is 0.0622. The fourth-order valence-corrected chi connectivity index (χ4v) is 4.05. The van der Waals surface area contributed by atoms with Crippen LogP contribution in [0.4, 0.5) is 5.95 Å². The Morgan fingerprint density at radius 2 is 1.86 bits per heavy atom. The van der Waals surface area contributed by atoms with Gasteiger partial charge >= 0.3 is 0 Å². The SMILES string of the molecule is C#C/C=C(\c1ccc(OC)cc1)c1ccc2nc(N)n(S(=O)(=O)C(C)C)c2c1. The van der Waals surface area contributed by atoms with Crippen molar-refractivity contribution in [1.82, 2.24) is 8.96 Å². The number of ether oxygens (including phenoxy) is 1. The number of nitrogens with zero attached hydrogens (tertiary/aromatic N) is 2. The summed E-state index contributed by atoms with van der Waals surface area (Å²) in [6.07, 6.45) is 7.17. The van der Waals surface area contributed by atoms with E-state index in [0.717, 1.165) is 26.4 Å². The average Bonchev–Trinajstić information content (AvgIpc) is 3.01. The van der Waals surface area contributed by atoms with Crippen LogP contribution < -0.4 is 10.5 Å². The van der Waals surface area contributed by atoms with E-state index in [-0.39, 0.29) is 5.95 Å². The molecule has 0 atom stereocenters. The molecule has 1 heterocycles. The molecule has 0 aliphatic carbocycles. The summed E-state index contributed by atoms with van der Waals surface area (Å²) < 4.78 is 31.8. The highest BCUT2D eigenvalue weighted by molar-refractivity contribution is 7.90. The van der Waals surface area contributed by atoms with Gasteiger partial charge in [-0.05, 0) is 60.9 Å². The molecule has 1 aromatic heterocycles. The molecule has 28 heavy (non-hydrogen) atoms. The number of hydrogen-bond donors (Lipinski definition) is 1. The number of benzene rings is 2. The topological polar surface area (TPSA) is 87.2 Å². The minimum atomic E-state index is -3.67. The van der Waals surface area contributed by atoms with Crippen molar-refractivity contribution in [3.63, 3.8) is 0 Å². The Kier molecular flexibility index (Phi) is 5.16. The zero-order valence-electron chi connectivity index (χ0n) is 15.9. The number of nitrogen functional groups attached to an aromatic ring is 1. The largest absolute Gasteiger partial charge is 0.497 e. The Morgan fingerprint density at radius 1 is 1.21 bits per heavy atom. The summed E-state index contributed by atoms with van der Waals surface area (Å²) in [4.78, 5) is 4.19. The molecular weight excluding hydrogens is 374 g/mol. The third-order valence-corrected chi connectivity index (χ3v) is 6.51. The van der Waals surface area contributed by atoms with Gasteiger partial charge in [0.05, 0.1) is 23.4 Å². The van der Waals surface area contributed by atoms with E-state index in [4.69, 9.17) is 16.9 Å². The molecule has 0 radical (unpaired) electrons. The Hall–Kier alpha value is -3.24. The smallest absolute Gasteiger partial charge is 0.244 e. The van der Waals surface area contributed by atoms with Crippen molar-refractivity contribution in [2.75, 3.05) is 12.8 Å². The molecule has 7 heteroatoms. The van der Waals surface area contributed by atoms with Gasteiger partial charge in [-0.25, -0.2) is 17.4 Å². The van der Waals surface area contributed by atoms with Crippen LogP contribution in [0.3, 0.4) is 0 Å². The Bertz CT molecular complexity index is 1200. The number of fused-ring (bicyclic) bond motifs is 1. The van der Waals surface area contributed by atoms with Crippen molar-refractivity contribution in [2.45, 2.75) is 19.1 Å². The molecule has 0 aliphatic heterocycles. The molecule has 0 saturated heterocycles. The predicted molar refractivity (Wildman–Crippen MR) is 113 cm³/mol. The first-order valence-electron chi connectivity index (χ1n) is 8.63. The molecule has 144 valence electrons. The molecule has 0 fully saturated rings. The minimum Gasteiger partial charge on any atom is -0.497 e. The normalized spacial score (nSPS) is 12.3. The molecule has 0 aliphatic rings. The zero-order chi connectivity index (χ0) is 20.5. The standard InChI is InChI=1S/C21H21N3O3S/c1-5-6-18(15-7-10-17(27-4)11-8-15)16-9-12-19-20(13-16)24(21(22)23-19)28(25,26)14(2)3/h1,6-14H,2-4H3,(H2,22,23)/b18-6+. The Morgan fingerprint density at radius 3 is 2.43 bits per heavy atom. The fourth-order valence-electron chi connectivity index (χ4n) is 2.91. The van der Waals surface area contributed by atoms with Crippen LogP contribution in [0.25, 0.3) is 16.6 Å². The van der Waals surface area contributed by atoms with E-state index in [2.05, 4.69) is 10.9 Å². The summed E-state index contributed by atoms with van der Waals surface area (Å²) in [7, 11) is -2.07. The zero-order valence-corrected chi connectivity index (χ0v) is 16.7. The first kappa shape index (κ1) is 19.5. The second-order valence-corrected chi connectivity index (χ2v) is 8.82. The van der Waals surface area contributed by atoms with Crippen LogP contribution in [-0.4, -0.2) is 29.7 Å². The van der Waals surface area contributed by atoms with Crippen LogP contribution >= 0.6 is 0 Å². The number of terminal acetylenes is 1. The maximum atomic E-state index is 12.8. The predicted octanol–water partition coefficient (Wildman–Crippen LogP) is 3.28. The lowest BCUT2D eigenvalue weighted by Crippen LogP contribution is -2.23. The molecule has 0 amide bonds. The van der Waals surface area contributed by atoms with Gasteiger partial charge in [0.15, 0.2) is 0 Å². The van der Waals surface area contributed by atoms with Crippen LogP contribution in [0.5, 0.6) is 5.75 Å². The third kappa shape index (κ3) is 3.35. The molecule has 3 aromatic rings. The van der Waals surface area contributed by atoms with Crippen LogP contribution in [-0.2, 0) is 10.0 Å². The van der Waals surface area contributed by atoms with Gasteiger partial charge in [0.1, 0.15) is 5.75 Å². The van der Waals surface area contributed by atoms with Crippen molar-refractivity contribution in [1.29, 1.82) is 0 Å². The Labute approximate surface area is 164 Å². The molecule has 2 N–H and O–H groups in total. The summed E-state index contributed by atoms with van der Waals surface area (Å²) in [5.41, 5.74) is 9.25. The molecular formula is C21H21N3O3S. The van der Waals surface area contributed by atoms with Crippen molar-refractivity contribution < 1.29 is 13.2 Å². The van der Waals surface area contributed by atoms with Crippen LogP contribution in [0, 0.1) is 12.3 Å². The van der Waals surface area contributed by atoms with Gasteiger partial charge in [-0.1, -0.05) is 24.1 Å². The molecule has 6 nitrogen and oxygen atoms in total. The summed E-state index contributed by atoms with van der Waals surface area (Å²) in [5.74, 6) is 3.22. The molecule has 0 spiro atoms. The van der Waals surface area contributed by atoms with Gasteiger partial charge in [-0.3, -0.25) is 0 Å². The molecule has 0 bridgehead atoms. The summed E-state index contributed by atoms with van der Waals surface area (Å²) in [5, 5.41) is -0.641. The van der Waals surface area contributed by atoms with Crippen molar-refractivity contribution >= 4 is 32.6 Å². The molecule has 0 saturated carbocycles. The van der Waals surface area contributed by atoms with E-state index in [1.165, 1.54) is 0 Å². The highest BCUT2D eigenvalue weighted by atomic mass is 32.2. The van der Waals surface area contributed by atoms with Crippen LogP contribution in [0.1, 0.15) is 25.0 Å². The number of aromatic nitrogens is 2. The third-order valence-electron chi connectivity index (χ3n) is 4.43. The lowest BCUT2D eigenvalue weighted by atomic mass is 9.97. The summed E-state index contributed by atoms with van der Waals surface area (Å²) in [6, 6.07) is 12.8. The van der Waals surface area contributed by atoms with Gasteiger partial charge in [-0.15, -0.1) is 6.42 Å². The molecule has 2 aromatic carbocycles. The second-order valence-electron chi connectivity index (χ2n) is 6.48. The highest BCUT2D eigenvalue weighted by Gasteiger charge is 2.24. The number of allylic oxidation sites excluding steroid dienone is 1. The van der Waals surface area contributed by atoms with Gasteiger partial charge in [0, 0.05) is 0 Å². The van der Waals surface area contributed by atoms with E-state index >= 15 is 0 Å². The van der Waals surface area contributed by atoms with Crippen molar-refractivity contribution in [2.24, 2.45) is 0 Å². The lowest BCUT2D eigenvalue weighted by molar-refractivity contribution is 0.415. The average molecular weight is 395 g/mol. The van der Waals surface area contributed by atoms with E-state index in [1.54, 1.807) is 39.2 Å². The number of anilines is 1. The quantitative estimate of drug-likeness (QED) is 0.670. The first-order valence-corrected chi connectivity index (χ1v) is 10.1. The fraction of sp³-hybridized carbons (Fsp3) is 0.190. The van der Waals surface area contributed by atoms with E-state index < -0.39 is 15.3 Å². The van der Waals surface area contributed by atoms with E-state index in [1.807, 2.05) is 30.3 Å². The van der Waals surface area contributed by atoms with E-state index in [9.17, 15) is 8.42 Å². The van der Waals surface area contributed by atoms with Crippen molar-refractivity contribution in [3.8, 4) is 18.1 Å². The maximum absolute atomic E-state index is 12.8. The lowest BCUT2D eigenvalue weighted by Gasteiger charge is -2.12. The van der Waals surface area contributed by atoms with Crippen LogP contribution in [0.2, 0.25) is 0 Å². The van der Waals surface area contributed by atoms with E-state index in [0.29, 0.717) is 11.0 Å². The number of nitrogens with two attached hydrogens (primary N) is 1. The summed E-state index contributed by atoms with van der Waals surface area (Å²) >= 11 is 0. The molecule has 3 rings (SSSR count). The number of imidazole rings is 1. The summed E-state index contributed by atoms with van der Waals surface area (Å²) in [6.45, 7) is 3.21. The number of methoxy groups -OCH3 is 1. The highest BCUT2D eigenvalue weighted by Crippen LogP contribution is 2.30. The number of hydrogen-bond acceptors (Lipinski definition) is 5. The number of rotatable bonds is 5.